The molecule has 0 saturated heterocycles. The quantitative estimate of drug-likeness (QED) is 0.452. The number of aliphatic hydroxyl groups excluding tert-OH is 1. The van der Waals surface area contributed by atoms with E-state index in [-0.39, 0.29) is 30.3 Å². The Bertz CT molecular complexity index is 1270. The molecule has 11 heteroatoms. The number of para-hydroxylation sites is 1. The topological polar surface area (TPSA) is 124 Å². The van der Waals surface area contributed by atoms with Gasteiger partial charge in [0.1, 0.15) is 28.8 Å². The minimum absolute atomic E-state index is 0.0576. The van der Waals surface area contributed by atoms with Crippen LogP contribution in [0.4, 0.5) is 10.1 Å². The fourth-order valence-electron chi connectivity index (χ4n) is 2.96. The van der Waals surface area contributed by atoms with E-state index in [1.165, 1.54) is 19.2 Å². The molecular formula is C22H21FN2O7S. The number of carbonyl (C=O) groups is 1. The van der Waals surface area contributed by atoms with Crippen molar-refractivity contribution in [1.29, 1.82) is 0 Å². The first-order valence-electron chi connectivity index (χ1n) is 9.58. The van der Waals surface area contributed by atoms with Crippen LogP contribution in [0.2, 0.25) is 0 Å². The summed E-state index contributed by atoms with van der Waals surface area (Å²) in [6, 6.07) is 11.7. The van der Waals surface area contributed by atoms with Gasteiger partial charge in [-0.3, -0.25) is 4.72 Å². The Balaban J connectivity index is 2.02. The molecular weight excluding hydrogens is 455 g/mol. The molecule has 0 aliphatic rings. The highest BCUT2D eigenvalue weighted by atomic mass is 32.2. The zero-order chi connectivity index (χ0) is 24.0. The molecule has 0 amide bonds. The monoisotopic (exact) mass is 476 g/mol. The summed E-state index contributed by atoms with van der Waals surface area (Å²) in [7, 11) is -2.03. The summed E-state index contributed by atoms with van der Waals surface area (Å²) >= 11 is 0. The summed E-state index contributed by atoms with van der Waals surface area (Å²) in [6.07, 6.45) is 1.06. The van der Waals surface area contributed by atoms with E-state index in [2.05, 4.69) is 14.4 Å². The van der Waals surface area contributed by atoms with Crippen molar-refractivity contribution in [3.63, 3.8) is 0 Å². The van der Waals surface area contributed by atoms with Crippen molar-refractivity contribution in [3.8, 4) is 22.6 Å². The molecule has 0 aliphatic carbocycles. The van der Waals surface area contributed by atoms with Gasteiger partial charge in [-0.25, -0.2) is 22.6 Å². The molecule has 0 bridgehead atoms. The molecule has 2 aromatic carbocycles. The number of sulfonamides is 1. The maximum Gasteiger partial charge on any atom is 0.356 e. The van der Waals surface area contributed by atoms with E-state index in [9.17, 15) is 17.6 Å². The van der Waals surface area contributed by atoms with Gasteiger partial charge in [-0.1, -0.05) is 24.3 Å². The van der Waals surface area contributed by atoms with Crippen LogP contribution in [0.5, 0.6) is 11.5 Å². The van der Waals surface area contributed by atoms with E-state index < -0.39 is 26.7 Å². The summed E-state index contributed by atoms with van der Waals surface area (Å²) in [5, 5.41) is 9.02. The lowest BCUT2D eigenvalue weighted by atomic mass is 10.0. The average Bonchev–Trinajstić information content (AvgIpc) is 2.83. The van der Waals surface area contributed by atoms with E-state index in [4.69, 9.17) is 14.6 Å². The van der Waals surface area contributed by atoms with Gasteiger partial charge >= 0.3 is 5.97 Å². The Morgan fingerprint density at radius 3 is 2.58 bits per heavy atom. The van der Waals surface area contributed by atoms with E-state index in [0.717, 1.165) is 25.4 Å². The second-order valence-corrected chi connectivity index (χ2v) is 8.23. The third-order valence-electron chi connectivity index (χ3n) is 4.49. The fourth-order valence-corrected chi connectivity index (χ4v) is 4.18. The Morgan fingerprint density at radius 2 is 1.88 bits per heavy atom. The molecule has 174 valence electrons. The molecule has 0 radical (unpaired) electrons. The summed E-state index contributed by atoms with van der Waals surface area (Å²) in [4.78, 5) is 15.2. The van der Waals surface area contributed by atoms with Gasteiger partial charge < -0.3 is 19.3 Å². The number of nitrogens with one attached hydrogen (secondary N) is 1. The molecule has 9 nitrogen and oxygen atoms in total. The fraction of sp³-hybridized carbons (Fsp3) is 0.182. The van der Waals surface area contributed by atoms with Crippen LogP contribution in [0, 0.1) is 5.82 Å². The van der Waals surface area contributed by atoms with Crippen molar-refractivity contribution >= 4 is 21.7 Å². The first-order chi connectivity index (χ1) is 15.8. The van der Waals surface area contributed by atoms with Crippen LogP contribution in [0.3, 0.4) is 0 Å². The van der Waals surface area contributed by atoms with Gasteiger partial charge in [0.2, 0.25) is 0 Å². The number of anilines is 1. The molecule has 3 aromatic rings. The van der Waals surface area contributed by atoms with Crippen LogP contribution in [-0.2, 0) is 14.8 Å². The van der Waals surface area contributed by atoms with E-state index in [1.54, 1.807) is 24.3 Å². The number of benzene rings is 2. The lowest BCUT2D eigenvalue weighted by Gasteiger charge is -2.15. The molecule has 0 aliphatic heterocycles. The van der Waals surface area contributed by atoms with Crippen LogP contribution in [0.15, 0.2) is 59.6 Å². The minimum Gasteiger partial charge on any atom is -0.494 e. The number of carbonyl (C=O) groups excluding carboxylic acids is 1. The smallest absolute Gasteiger partial charge is 0.356 e. The third kappa shape index (κ3) is 5.38. The van der Waals surface area contributed by atoms with Gasteiger partial charge in [0.25, 0.3) is 10.0 Å². The molecule has 2 N–H and O–H groups in total. The average molecular weight is 476 g/mol. The third-order valence-corrected chi connectivity index (χ3v) is 5.88. The van der Waals surface area contributed by atoms with E-state index in [1.807, 2.05) is 0 Å². The first kappa shape index (κ1) is 24.0. The van der Waals surface area contributed by atoms with Gasteiger partial charge in [0, 0.05) is 5.56 Å². The molecule has 0 spiro atoms. The second kappa shape index (κ2) is 10.3. The normalized spacial score (nSPS) is 11.0. The van der Waals surface area contributed by atoms with Crippen LogP contribution in [0.25, 0.3) is 11.1 Å². The van der Waals surface area contributed by atoms with Crippen LogP contribution >= 0.6 is 0 Å². The Labute approximate surface area is 189 Å². The molecule has 3 rings (SSSR count). The standard InChI is InChI=1S/C22H21FN2O7S/c1-30-20-13-24-18(22(27)31-2)12-21(20)33(28,29)25-17-11-14(7-8-16(17)23)15-5-3-4-6-19(15)32-10-9-26/h3-8,11-13,25-26H,9-10H2,1-2H3. The molecule has 0 unspecified atom stereocenters. The number of esters is 1. The highest BCUT2D eigenvalue weighted by Gasteiger charge is 2.24. The van der Waals surface area contributed by atoms with Crippen LogP contribution in [0.1, 0.15) is 10.5 Å². The number of methoxy groups -OCH3 is 2. The predicted octanol–water partition coefficient (Wildman–Crippen LogP) is 2.85. The number of hydrogen-bond donors (Lipinski definition) is 2. The summed E-state index contributed by atoms with van der Waals surface area (Å²) in [6.45, 7) is -0.133. The molecule has 33 heavy (non-hydrogen) atoms. The van der Waals surface area contributed by atoms with Crippen LogP contribution < -0.4 is 14.2 Å². The summed E-state index contributed by atoms with van der Waals surface area (Å²) in [5.74, 6) is -1.38. The van der Waals surface area contributed by atoms with Gasteiger partial charge in [0.05, 0.1) is 32.7 Å². The molecule has 0 saturated carbocycles. The van der Waals surface area contributed by atoms with E-state index >= 15 is 0 Å². The SMILES string of the molecule is COC(=O)c1cc(S(=O)(=O)Nc2cc(-c3ccccc3OCCO)ccc2F)c(OC)cn1. The Kier molecular flexibility index (Phi) is 7.46. The highest BCUT2D eigenvalue weighted by Crippen LogP contribution is 2.34. The Morgan fingerprint density at radius 1 is 1.12 bits per heavy atom. The minimum atomic E-state index is -4.39. The maximum absolute atomic E-state index is 14.6. The van der Waals surface area contributed by atoms with Gasteiger partial charge in [-0.15, -0.1) is 0 Å². The van der Waals surface area contributed by atoms with Crippen LogP contribution in [-0.4, -0.2) is 51.9 Å². The number of hydrogen-bond acceptors (Lipinski definition) is 8. The number of nitrogens with zero attached hydrogens (tertiary/aromatic N) is 1. The summed E-state index contributed by atoms with van der Waals surface area (Å²) in [5.41, 5.74) is 0.450. The van der Waals surface area contributed by atoms with E-state index in [0.29, 0.717) is 16.9 Å². The highest BCUT2D eigenvalue weighted by molar-refractivity contribution is 7.92. The van der Waals surface area contributed by atoms with Gasteiger partial charge in [0.15, 0.2) is 5.75 Å². The molecule has 1 heterocycles. The lowest BCUT2D eigenvalue weighted by Crippen LogP contribution is -2.17. The first-order valence-corrected chi connectivity index (χ1v) is 11.1. The van der Waals surface area contributed by atoms with Crippen molar-refractivity contribution in [3.05, 3.63) is 66.2 Å². The number of halogens is 1. The van der Waals surface area contributed by atoms with Gasteiger partial charge in [-0.2, -0.15) is 0 Å². The largest absolute Gasteiger partial charge is 0.494 e. The van der Waals surface area contributed by atoms with Crippen molar-refractivity contribution in [2.45, 2.75) is 4.90 Å². The maximum atomic E-state index is 14.6. The number of rotatable bonds is 9. The van der Waals surface area contributed by atoms with Crippen molar-refractivity contribution in [2.75, 3.05) is 32.2 Å². The lowest BCUT2D eigenvalue weighted by molar-refractivity contribution is 0.0593. The van der Waals surface area contributed by atoms with Gasteiger partial charge in [-0.05, 0) is 29.8 Å². The molecule has 0 atom stereocenters. The summed E-state index contributed by atoms with van der Waals surface area (Å²) < 4.78 is 58.0. The van der Waals surface area contributed by atoms with Crippen molar-refractivity contribution < 1.29 is 36.9 Å². The molecule has 0 fully saturated rings. The van der Waals surface area contributed by atoms with Crippen molar-refractivity contribution in [2.24, 2.45) is 0 Å². The molecule has 1 aromatic heterocycles. The second-order valence-electron chi connectivity index (χ2n) is 6.58. The van der Waals surface area contributed by atoms with Crippen molar-refractivity contribution in [1.82, 2.24) is 4.98 Å². The zero-order valence-electron chi connectivity index (χ0n) is 17.7. The number of aliphatic hydroxyl groups is 1. The number of pyridine rings is 1. The Hall–Kier alpha value is -3.70. The zero-order valence-corrected chi connectivity index (χ0v) is 18.6. The number of ether oxygens (including phenoxy) is 3. The predicted molar refractivity (Wildman–Crippen MR) is 117 cm³/mol. The number of aromatic nitrogens is 1.